The van der Waals surface area contributed by atoms with E-state index in [1.165, 1.54) is 0 Å². The summed E-state index contributed by atoms with van der Waals surface area (Å²) in [6.07, 6.45) is 3.74. The zero-order chi connectivity index (χ0) is 12.1. The molecule has 0 saturated carbocycles. The Morgan fingerprint density at radius 2 is 2.24 bits per heavy atom. The number of nitriles is 1. The van der Waals surface area contributed by atoms with Crippen LogP contribution in [0, 0.1) is 14.9 Å². The van der Waals surface area contributed by atoms with Gasteiger partial charge >= 0.3 is 0 Å². The van der Waals surface area contributed by atoms with Crippen LogP contribution in [0.15, 0.2) is 36.7 Å². The summed E-state index contributed by atoms with van der Waals surface area (Å²) in [5, 5.41) is 13.0. The average molecular weight is 339 g/mol. The van der Waals surface area contributed by atoms with E-state index in [1.54, 1.807) is 18.3 Å². The van der Waals surface area contributed by atoms with E-state index in [0.717, 1.165) is 3.57 Å². The first-order chi connectivity index (χ1) is 8.29. The maximum Gasteiger partial charge on any atom is 0.137 e. The van der Waals surface area contributed by atoms with Crippen LogP contribution in [0.5, 0.6) is 5.75 Å². The Labute approximate surface area is 113 Å². The van der Waals surface area contributed by atoms with Gasteiger partial charge in [0.2, 0.25) is 0 Å². The monoisotopic (exact) mass is 339 g/mol. The molecule has 0 aliphatic heterocycles. The first-order valence-electron chi connectivity index (χ1n) is 5.09. The van der Waals surface area contributed by atoms with E-state index in [-0.39, 0.29) is 0 Å². The molecule has 2 rings (SSSR count). The van der Waals surface area contributed by atoms with Crippen LogP contribution >= 0.6 is 22.6 Å². The number of benzene rings is 1. The average Bonchev–Trinajstić information content (AvgIpc) is 2.76. The van der Waals surface area contributed by atoms with E-state index in [2.05, 4.69) is 33.8 Å². The molecule has 0 fully saturated rings. The first-order valence-corrected chi connectivity index (χ1v) is 6.17. The fourth-order valence-corrected chi connectivity index (χ4v) is 1.84. The smallest absolute Gasteiger partial charge is 0.137 e. The summed E-state index contributed by atoms with van der Waals surface area (Å²) in [7, 11) is 0. The second-order valence-corrected chi connectivity index (χ2v) is 4.62. The maximum absolute atomic E-state index is 8.89. The normalized spacial score (nSPS) is 9.88. The lowest BCUT2D eigenvalue weighted by Crippen LogP contribution is -2.09. The molecule has 2 aromatic rings. The van der Waals surface area contributed by atoms with Crippen molar-refractivity contribution in [3.05, 3.63) is 45.8 Å². The summed E-state index contributed by atoms with van der Waals surface area (Å²) in [5.74, 6) is 0.622. The number of nitrogens with zero attached hydrogens (tertiary/aromatic N) is 3. The second kappa shape index (κ2) is 5.68. The number of aromatic nitrogens is 2. The van der Waals surface area contributed by atoms with Crippen molar-refractivity contribution in [2.75, 3.05) is 6.61 Å². The largest absolute Gasteiger partial charge is 0.490 e. The predicted molar refractivity (Wildman–Crippen MR) is 71.6 cm³/mol. The Bertz CT molecular complexity index is 545. The van der Waals surface area contributed by atoms with Crippen molar-refractivity contribution in [1.82, 2.24) is 9.78 Å². The number of halogens is 1. The lowest BCUT2D eigenvalue weighted by Gasteiger charge is -2.07. The predicted octanol–water partition coefficient (Wildman–Crippen LogP) is 2.44. The quantitative estimate of drug-likeness (QED) is 0.804. The molecule has 0 amide bonds. The third-order valence-corrected chi connectivity index (χ3v) is 2.74. The van der Waals surface area contributed by atoms with Gasteiger partial charge in [0.1, 0.15) is 18.4 Å². The van der Waals surface area contributed by atoms with E-state index < -0.39 is 0 Å². The number of hydrogen-bond acceptors (Lipinski definition) is 3. The molecule has 1 heterocycles. The van der Waals surface area contributed by atoms with Crippen LogP contribution < -0.4 is 4.74 Å². The van der Waals surface area contributed by atoms with Gasteiger partial charge in [-0.25, -0.2) is 0 Å². The van der Waals surface area contributed by atoms with Crippen LogP contribution in [0.4, 0.5) is 0 Å². The summed E-state index contributed by atoms with van der Waals surface area (Å²) in [6.45, 7) is 1.17. The van der Waals surface area contributed by atoms with Crippen LogP contribution in [0.2, 0.25) is 0 Å². The molecule has 0 aliphatic rings. The molecule has 0 bridgehead atoms. The van der Waals surface area contributed by atoms with Gasteiger partial charge in [-0.2, -0.15) is 10.4 Å². The van der Waals surface area contributed by atoms with E-state index in [1.807, 2.05) is 23.0 Å². The molecule has 0 N–H and O–H groups in total. The third-order valence-electron chi connectivity index (χ3n) is 2.19. The molecule has 0 aliphatic carbocycles. The Balaban J connectivity index is 1.92. The highest BCUT2D eigenvalue weighted by molar-refractivity contribution is 14.1. The van der Waals surface area contributed by atoms with Gasteiger partial charge < -0.3 is 4.74 Å². The van der Waals surface area contributed by atoms with Gasteiger partial charge in [0.05, 0.1) is 21.9 Å². The van der Waals surface area contributed by atoms with Crippen molar-refractivity contribution in [3.63, 3.8) is 0 Å². The molecule has 0 atom stereocenters. The van der Waals surface area contributed by atoms with Crippen molar-refractivity contribution in [2.24, 2.45) is 0 Å². The number of ether oxygens (including phenoxy) is 1. The molecular formula is C12H10IN3O. The first kappa shape index (κ1) is 11.9. The fraction of sp³-hybridized carbons (Fsp3) is 0.167. The van der Waals surface area contributed by atoms with E-state index in [9.17, 15) is 0 Å². The van der Waals surface area contributed by atoms with Crippen molar-refractivity contribution in [1.29, 1.82) is 5.26 Å². The molecule has 86 valence electrons. The van der Waals surface area contributed by atoms with Gasteiger partial charge in [0.15, 0.2) is 0 Å². The van der Waals surface area contributed by atoms with E-state index >= 15 is 0 Å². The van der Waals surface area contributed by atoms with Crippen molar-refractivity contribution in [2.45, 2.75) is 6.54 Å². The Morgan fingerprint density at radius 3 is 2.94 bits per heavy atom. The van der Waals surface area contributed by atoms with E-state index in [4.69, 9.17) is 10.00 Å². The molecule has 0 unspecified atom stereocenters. The minimum atomic E-state index is 0.496. The third kappa shape index (κ3) is 3.20. The van der Waals surface area contributed by atoms with Gasteiger partial charge in [-0.1, -0.05) is 12.1 Å². The molecule has 1 aromatic carbocycles. The Morgan fingerprint density at radius 1 is 1.41 bits per heavy atom. The highest BCUT2D eigenvalue weighted by atomic mass is 127. The number of hydrogen-bond donors (Lipinski definition) is 0. The highest BCUT2D eigenvalue weighted by Gasteiger charge is 2.01. The summed E-state index contributed by atoms with van der Waals surface area (Å²) in [4.78, 5) is 0. The summed E-state index contributed by atoms with van der Waals surface area (Å²) < 4.78 is 8.47. The molecule has 1 aromatic heterocycles. The van der Waals surface area contributed by atoms with Crippen LogP contribution in [0.25, 0.3) is 0 Å². The standard InChI is InChI=1S/C12H10IN3O/c13-11-8-15-16(9-11)5-6-17-12-4-2-1-3-10(12)7-14/h1-4,8-9H,5-6H2. The molecule has 0 spiro atoms. The minimum absolute atomic E-state index is 0.496. The lowest BCUT2D eigenvalue weighted by molar-refractivity contribution is 0.290. The van der Waals surface area contributed by atoms with Crippen LogP contribution in [-0.4, -0.2) is 16.4 Å². The summed E-state index contributed by atoms with van der Waals surface area (Å²) in [5.41, 5.74) is 0.558. The minimum Gasteiger partial charge on any atom is -0.490 e. The van der Waals surface area contributed by atoms with Gasteiger partial charge in [-0.3, -0.25) is 4.68 Å². The molecule has 4 nitrogen and oxygen atoms in total. The topological polar surface area (TPSA) is 50.8 Å². The van der Waals surface area contributed by atoms with E-state index in [0.29, 0.717) is 24.5 Å². The Hall–Kier alpha value is -1.55. The highest BCUT2D eigenvalue weighted by Crippen LogP contribution is 2.16. The van der Waals surface area contributed by atoms with Crippen molar-refractivity contribution >= 4 is 22.6 Å². The Kier molecular flexibility index (Phi) is 3.98. The molecule has 17 heavy (non-hydrogen) atoms. The lowest BCUT2D eigenvalue weighted by atomic mass is 10.2. The fourth-order valence-electron chi connectivity index (χ4n) is 1.39. The van der Waals surface area contributed by atoms with Crippen molar-refractivity contribution < 1.29 is 4.74 Å². The summed E-state index contributed by atoms with van der Waals surface area (Å²) >= 11 is 2.21. The molecule has 5 heteroatoms. The zero-order valence-electron chi connectivity index (χ0n) is 9.01. The molecule has 0 saturated heterocycles. The van der Waals surface area contributed by atoms with Crippen molar-refractivity contribution in [3.8, 4) is 11.8 Å². The molecular weight excluding hydrogens is 329 g/mol. The van der Waals surface area contributed by atoms with Gasteiger partial charge in [-0.05, 0) is 34.7 Å². The summed E-state index contributed by atoms with van der Waals surface area (Å²) in [6, 6.07) is 9.31. The van der Waals surface area contributed by atoms with Gasteiger partial charge in [0.25, 0.3) is 0 Å². The second-order valence-electron chi connectivity index (χ2n) is 3.38. The number of rotatable bonds is 4. The van der Waals surface area contributed by atoms with Gasteiger partial charge in [-0.15, -0.1) is 0 Å². The maximum atomic E-state index is 8.89. The SMILES string of the molecule is N#Cc1ccccc1OCCn1cc(I)cn1. The zero-order valence-corrected chi connectivity index (χ0v) is 11.2. The van der Waals surface area contributed by atoms with Crippen LogP contribution in [0.3, 0.4) is 0 Å². The number of para-hydroxylation sites is 1. The molecule has 0 radical (unpaired) electrons. The van der Waals surface area contributed by atoms with Gasteiger partial charge in [0, 0.05) is 6.20 Å². The van der Waals surface area contributed by atoms with Crippen LogP contribution in [-0.2, 0) is 6.54 Å². The van der Waals surface area contributed by atoms with Crippen LogP contribution in [0.1, 0.15) is 5.56 Å².